The first-order valence-electron chi connectivity index (χ1n) is 6.49. The number of nitrogens with one attached hydrogen (secondary N) is 1. The summed E-state index contributed by atoms with van der Waals surface area (Å²) in [5, 5.41) is 3.45. The van der Waals surface area contributed by atoms with Gasteiger partial charge in [-0.2, -0.15) is 0 Å². The Bertz CT molecular complexity index is 570. The monoisotopic (exact) mass is 244 g/mol. The molecule has 1 aromatic heterocycles. The summed E-state index contributed by atoms with van der Waals surface area (Å²) < 4.78 is 2.32. The molecule has 1 atom stereocenters. The number of anilines is 1. The van der Waals surface area contributed by atoms with Crippen molar-refractivity contribution in [3.05, 3.63) is 23.8 Å². The van der Waals surface area contributed by atoms with Crippen molar-refractivity contribution in [1.29, 1.82) is 0 Å². The van der Waals surface area contributed by atoms with Gasteiger partial charge in [0.15, 0.2) is 0 Å². The molecule has 2 aromatic rings. The molecule has 1 unspecified atom stereocenters. The first kappa shape index (κ1) is 11.5. The Hall–Kier alpha value is -1.55. The summed E-state index contributed by atoms with van der Waals surface area (Å²) in [7, 11) is 4.26. The second-order valence-electron chi connectivity index (χ2n) is 5.55. The van der Waals surface area contributed by atoms with Crippen LogP contribution in [0.1, 0.15) is 5.56 Å². The summed E-state index contributed by atoms with van der Waals surface area (Å²) in [5.41, 5.74) is 3.63. The van der Waals surface area contributed by atoms with E-state index in [9.17, 15) is 0 Å². The smallest absolute Gasteiger partial charge is 0.203 e. The van der Waals surface area contributed by atoms with E-state index in [0.717, 1.165) is 31.1 Å². The van der Waals surface area contributed by atoms with Crippen molar-refractivity contribution < 1.29 is 0 Å². The first-order valence-corrected chi connectivity index (χ1v) is 6.49. The molecular formula is C14H20N4. The summed E-state index contributed by atoms with van der Waals surface area (Å²) in [6.45, 7) is 5.31. The zero-order valence-electron chi connectivity index (χ0n) is 11.3. The first-order chi connectivity index (χ1) is 8.63. The predicted molar refractivity (Wildman–Crippen MR) is 75.0 cm³/mol. The van der Waals surface area contributed by atoms with Gasteiger partial charge in [-0.3, -0.25) is 0 Å². The molecule has 1 aliphatic rings. The zero-order valence-corrected chi connectivity index (χ0v) is 11.3. The third-order valence-electron chi connectivity index (χ3n) is 3.52. The summed E-state index contributed by atoms with van der Waals surface area (Å²) in [5.74, 6) is 1.66. The van der Waals surface area contributed by atoms with E-state index in [1.54, 1.807) is 0 Å². The fraction of sp³-hybridized carbons (Fsp3) is 0.500. The second-order valence-corrected chi connectivity index (χ2v) is 5.55. The van der Waals surface area contributed by atoms with Crippen molar-refractivity contribution >= 4 is 17.0 Å². The third-order valence-corrected chi connectivity index (χ3v) is 3.52. The van der Waals surface area contributed by atoms with Gasteiger partial charge in [-0.1, -0.05) is 6.07 Å². The van der Waals surface area contributed by atoms with Gasteiger partial charge in [-0.25, -0.2) is 4.98 Å². The van der Waals surface area contributed by atoms with Crippen LogP contribution in [0.15, 0.2) is 18.2 Å². The number of benzene rings is 1. The summed E-state index contributed by atoms with van der Waals surface area (Å²) in [4.78, 5) is 6.90. The van der Waals surface area contributed by atoms with Crippen molar-refractivity contribution in [2.45, 2.75) is 13.5 Å². The Kier molecular flexibility index (Phi) is 2.74. The molecule has 0 saturated carbocycles. The number of nitrogens with zero attached hydrogens (tertiary/aromatic N) is 3. The Labute approximate surface area is 108 Å². The molecule has 4 heteroatoms. The number of hydrogen-bond donors (Lipinski definition) is 1. The number of imidazole rings is 1. The van der Waals surface area contributed by atoms with E-state index in [1.807, 2.05) is 0 Å². The second kappa shape index (κ2) is 4.28. The van der Waals surface area contributed by atoms with E-state index < -0.39 is 0 Å². The highest BCUT2D eigenvalue weighted by Gasteiger charge is 2.21. The molecule has 0 fully saturated rings. The van der Waals surface area contributed by atoms with Crippen LogP contribution in [-0.2, 0) is 6.54 Å². The van der Waals surface area contributed by atoms with Gasteiger partial charge in [0, 0.05) is 25.6 Å². The van der Waals surface area contributed by atoms with Gasteiger partial charge in [0.2, 0.25) is 5.95 Å². The van der Waals surface area contributed by atoms with Crippen LogP contribution in [0.5, 0.6) is 0 Å². The molecule has 0 spiro atoms. The lowest BCUT2D eigenvalue weighted by Crippen LogP contribution is -2.34. The molecule has 3 rings (SSSR count). The summed E-state index contributed by atoms with van der Waals surface area (Å²) in [6, 6.07) is 6.46. The largest absolute Gasteiger partial charge is 0.355 e. The fourth-order valence-electron chi connectivity index (χ4n) is 2.75. The molecule has 0 aliphatic carbocycles. The normalized spacial score (nSPS) is 19.0. The van der Waals surface area contributed by atoms with Gasteiger partial charge < -0.3 is 14.8 Å². The standard InChI is InChI=1S/C14H20N4/c1-10-4-5-12-13(6-10)18-9-11(8-17(2)3)7-15-14(18)16-12/h4-6,11H,7-9H2,1-3H3,(H,15,16). The Balaban J connectivity index is 1.98. The molecule has 0 amide bonds. The van der Waals surface area contributed by atoms with Crippen LogP contribution in [0, 0.1) is 12.8 Å². The maximum Gasteiger partial charge on any atom is 0.203 e. The Morgan fingerprint density at radius 2 is 2.28 bits per heavy atom. The van der Waals surface area contributed by atoms with Crippen LogP contribution >= 0.6 is 0 Å². The molecule has 1 aliphatic heterocycles. The number of hydrogen-bond acceptors (Lipinski definition) is 3. The van der Waals surface area contributed by atoms with Crippen molar-refractivity contribution in [2.75, 3.05) is 32.5 Å². The molecule has 1 N–H and O–H groups in total. The highest BCUT2D eigenvalue weighted by molar-refractivity contribution is 5.79. The van der Waals surface area contributed by atoms with Gasteiger partial charge in [0.05, 0.1) is 11.0 Å². The zero-order chi connectivity index (χ0) is 12.7. The van der Waals surface area contributed by atoms with E-state index in [4.69, 9.17) is 0 Å². The number of fused-ring (bicyclic) bond motifs is 3. The van der Waals surface area contributed by atoms with Gasteiger partial charge in [0.1, 0.15) is 0 Å². The molecule has 0 bridgehead atoms. The SMILES string of the molecule is Cc1ccc2nc3n(c2c1)CC(CN(C)C)CN3. The molecule has 0 saturated heterocycles. The topological polar surface area (TPSA) is 33.1 Å². The van der Waals surface area contributed by atoms with Crippen molar-refractivity contribution in [3.63, 3.8) is 0 Å². The molecule has 1 aromatic carbocycles. The molecule has 18 heavy (non-hydrogen) atoms. The van der Waals surface area contributed by atoms with E-state index in [0.29, 0.717) is 5.92 Å². The minimum atomic E-state index is 0.644. The number of rotatable bonds is 2. The highest BCUT2D eigenvalue weighted by atomic mass is 15.2. The van der Waals surface area contributed by atoms with Gasteiger partial charge in [-0.15, -0.1) is 0 Å². The van der Waals surface area contributed by atoms with Crippen LogP contribution in [0.2, 0.25) is 0 Å². The lowest BCUT2D eigenvalue weighted by Gasteiger charge is -2.27. The van der Waals surface area contributed by atoms with Crippen molar-refractivity contribution in [3.8, 4) is 0 Å². The third kappa shape index (κ3) is 1.97. The molecule has 2 heterocycles. The number of aromatic nitrogens is 2. The number of aryl methyl sites for hydroxylation is 1. The van der Waals surface area contributed by atoms with Crippen LogP contribution in [-0.4, -0.2) is 41.6 Å². The van der Waals surface area contributed by atoms with Crippen LogP contribution in [0.25, 0.3) is 11.0 Å². The van der Waals surface area contributed by atoms with Crippen LogP contribution < -0.4 is 5.32 Å². The molecule has 4 nitrogen and oxygen atoms in total. The maximum absolute atomic E-state index is 4.65. The van der Waals surface area contributed by atoms with Crippen LogP contribution in [0.4, 0.5) is 5.95 Å². The summed E-state index contributed by atoms with van der Waals surface area (Å²) >= 11 is 0. The molecule has 96 valence electrons. The van der Waals surface area contributed by atoms with E-state index in [1.165, 1.54) is 11.1 Å². The van der Waals surface area contributed by atoms with E-state index in [2.05, 4.69) is 59.0 Å². The average molecular weight is 244 g/mol. The van der Waals surface area contributed by atoms with Gasteiger partial charge in [-0.05, 0) is 38.7 Å². The Morgan fingerprint density at radius 3 is 3.06 bits per heavy atom. The maximum atomic E-state index is 4.65. The van der Waals surface area contributed by atoms with E-state index >= 15 is 0 Å². The molecular weight excluding hydrogens is 224 g/mol. The van der Waals surface area contributed by atoms with Gasteiger partial charge >= 0.3 is 0 Å². The lowest BCUT2D eigenvalue weighted by atomic mass is 10.1. The predicted octanol–water partition coefficient (Wildman–Crippen LogP) is 1.95. The fourth-order valence-corrected chi connectivity index (χ4v) is 2.75. The van der Waals surface area contributed by atoms with Gasteiger partial charge in [0.25, 0.3) is 0 Å². The van der Waals surface area contributed by atoms with Crippen molar-refractivity contribution in [2.24, 2.45) is 5.92 Å². The Morgan fingerprint density at radius 1 is 1.44 bits per heavy atom. The minimum Gasteiger partial charge on any atom is -0.355 e. The summed E-state index contributed by atoms with van der Waals surface area (Å²) in [6.07, 6.45) is 0. The van der Waals surface area contributed by atoms with E-state index in [-0.39, 0.29) is 0 Å². The average Bonchev–Trinajstić information content (AvgIpc) is 2.66. The quantitative estimate of drug-likeness (QED) is 0.876. The minimum absolute atomic E-state index is 0.644. The highest BCUT2D eigenvalue weighted by Crippen LogP contribution is 2.25. The lowest BCUT2D eigenvalue weighted by molar-refractivity contribution is 0.302. The van der Waals surface area contributed by atoms with Crippen LogP contribution in [0.3, 0.4) is 0 Å². The van der Waals surface area contributed by atoms with Crippen molar-refractivity contribution in [1.82, 2.24) is 14.5 Å². The molecule has 0 radical (unpaired) electrons.